The number of halogens is 2. The Morgan fingerprint density at radius 1 is 1.14 bits per heavy atom. The summed E-state index contributed by atoms with van der Waals surface area (Å²) in [6, 6.07) is 11.1. The zero-order valence-corrected chi connectivity index (χ0v) is 13.3. The van der Waals surface area contributed by atoms with E-state index in [9.17, 15) is 5.26 Å². The van der Waals surface area contributed by atoms with E-state index in [1.165, 1.54) is 0 Å². The monoisotopic (exact) mass is 316 g/mol. The second-order valence-electron chi connectivity index (χ2n) is 5.00. The maximum absolute atomic E-state index is 9.32. The molecule has 0 aliphatic rings. The van der Waals surface area contributed by atoms with Gasteiger partial charge in [0, 0.05) is 11.3 Å². The van der Waals surface area contributed by atoms with Crippen molar-refractivity contribution >= 4 is 35.0 Å². The number of hydrogen-bond acceptors (Lipinski definition) is 2. The molecule has 4 heteroatoms. The summed E-state index contributed by atoms with van der Waals surface area (Å²) >= 11 is 12.5. The van der Waals surface area contributed by atoms with Crippen molar-refractivity contribution in [2.75, 3.05) is 5.73 Å². The first-order valence-corrected chi connectivity index (χ1v) is 7.12. The molecule has 2 nitrogen and oxygen atoms in total. The van der Waals surface area contributed by atoms with Crippen LogP contribution in [0.5, 0.6) is 0 Å². The maximum Gasteiger partial charge on any atom is 0.0998 e. The van der Waals surface area contributed by atoms with Gasteiger partial charge in [0.1, 0.15) is 0 Å². The van der Waals surface area contributed by atoms with Crippen LogP contribution < -0.4 is 5.73 Å². The summed E-state index contributed by atoms with van der Waals surface area (Å²) < 4.78 is 0. The molecular weight excluding hydrogens is 303 g/mol. The molecule has 2 aromatic rings. The van der Waals surface area contributed by atoms with E-state index < -0.39 is 0 Å². The standard InChI is InChI=1S/C17H14Cl2N2/c1-10(2)5-11-3-4-12(6-13(11)9-20)17-15(18)7-14(21)8-16(17)19/h3-8H,21H2,1-2H3. The van der Waals surface area contributed by atoms with Crippen molar-refractivity contribution in [1.29, 1.82) is 5.26 Å². The molecule has 0 fully saturated rings. The minimum absolute atomic E-state index is 0.471. The lowest BCUT2D eigenvalue weighted by Gasteiger charge is -2.10. The molecule has 0 aliphatic heterocycles. The maximum atomic E-state index is 9.32. The minimum atomic E-state index is 0.471. The zero-order valence-electron chi connectivity index (χ0n) is 11.7. The lowest BCUT2D eigenvalue weighted by molar-refractivity contribution is 1.41. The fraction of sp³-hybridized carbons (Fsp3) is 0.118. The molecule has 0 aromatic heterocycles. The number of nitriles is 1. The molecular formula is C17H14Cl2N2. The highest BCUT2D eigenvalue weighted by Crippen LogP contribution is 2.37. The Morgan fingerprint density at radius 3 is 2.29 bits per heavy atom. The Labute approximate surface area is 134 Å². The average Bonchev–Trinajstić information content (AvgIpc) is 2.38. The lowest BCUT2D eigenvalue weighted by Crippen LogP contribution is -1.90. The van der Waals surface area contributed by atoms with E-state index >= 15 is 0 Å². The van der Waals surface area contributed by atoms with E-state index in [1.807, 2.05) is 32.1 Å². The first-order chi connectivity index (χ1) is 9.92. The molecule has 0 heterocycles. The minimum Gasteiger partial charge on any atom is -0.399 e. The molecule has 0 unspecified atom stereocenters. The van der Waals surface area contributed by atoms with Crippen molar-refractivity contribution < 1.29 is 0 Å². The van der Waals surface area contributed by atoms with Crippen LogP contribution in [0.2, 0.25) is 10.0 Å². The van der Waals surface area contributed by atoms with Crippen molar-refractivity contribution in [2.45, 2.75) is 13.8 Å². The van der Waals surface area contributed by atoms with Crippen LogP contribution in [-0.4, -0.2) is 0 Å². The van der Waals surface area contributed by atoms with Crippen molar-refractivity contribution in [3.8, 4) is 17.2 Å². The SMILES string of the molecule is CC(C)=Cc1ccc(-c2c(Cl)cc(N)cc2Cl)cc1C#N. The topological polar surface area (TPSA) is 49.8 Å². The van der Waals surface area contributed by atoms with Crippen LogP contribution >= 0.6 is 23.2 Å². The molecule has 2 N–H and O–H groups in total. The van der Waals surface area contributed by atoms with Gasteiger partial charge in [-0.3, -0.25) is 0 Å². The second kappa shape index (κ2) is 6.22. The van der Waals surface area contributed by atoms with Crippen molar-refractivity contribution in [1.82, 2.24) is 0 Å². The summed E-state index contributed by atoms with van der Waals surface area (Å²) in [5.74, 6) is 0. The Morgan fingerprint density at radius 2 is 1.76 bits per heavy atom. The summed E-state index contributed by atoms with van der Waals surface area (Å²) in [5.41, 5.74) is 10.3. The number of nitrogens with two attached hydrogens (primary N) is 1. The van der Waals surface area contributed by atoms with Gasteiger partial charge >= 0.3 is 0 Å². The summed E-state index contributed by atoms with van der Waals surface area (Å²) in [5, 5.41) is 10.3. The van der Waals surface area contributed by atoms with Crippen LogP contribution in [0.4, 0.5) is 5.69 Å². The molecule has 0 spiro atoms. The fourth-order valence-electron chi connectivity index (χ4n) is 2.11. The van der Waals surface area contributed by atoms with E-state index in [1.54, 1.807) is 18.2 Å². The highest BCUT2D eigenvalue weighted by Gasteiger charge is 2.11. The third-order valence-electron chi connectivity index (χ3n) is 2.97. The number of benzene rings is 2. The van der Waals surface area contributed by atoms with Crippen molar-refractivity contribution in [2.24, 2.45) is 0 Å². The normalized spacial score (nSPS) is 10.0. The number of anilines is 1. The average molecular weight is 317 g/mol. The predicted molar refractivity (Wildman–Crippen MR) is 90.4 cm³/mol. The van der Waals surface area contributed by atoms with Crippen molar-refractivity contribution in [3.05, 3.63) is 57.1 Å². The van der Waals surface area contributed by atoms with Crippen molar-refractivity contribution in [3.63, 3.8) is 0 Å². The number of hydrogen-bond donors (Lipinski definition) is 1. The molecule has 0 aliphatic carbocycles. The van der Waals surface area contributed by atoms with Gasteiger partial charge < -0.3 is 5.73 Å². The van der Waals surface area contributed by atoms with E-state index in [4.69, 9.17) is 28.9 Å². The lowest BCUT2D eigenvalue weighted by atomic mass is 9.98. The van der Waals surface area contributed by atoms with Gasteiger partial charge in [-0.2, -0.15) is 5.26 Å². The van der Waals surface area contributed by atoms with Crippen LogP contribution in [0.1, 0.15) is 25.0 Å². The molecule has 2 aromatic carbocycles. The molecule has 0 amide bonds. The number of nitrogen functional groups attached to an aromatic ring is 1. The molecule has 0 atom stereocenters. The van der Waals surface area contributed by atoms with Gasteiger partial charge in [-0.05, 0) is 43.2 Å². The highest BCUT2D eigenvalue weighted by atomic mass is 35.5. The summed E-state index contributed by atoms with van der Waals surface area (Å²) in [4.78, 5) is 0. The van der Waals surface area contributed by atoms with Crippen LogP contribution in [0, 0.1) is 11.3 Å². The third-order valence-corrected chi connectivity index (χ3v) is 3.57. The van der Waals surface area contributed by atoms with E-state index in [0.29, 0.717) is 26.9 Å². The summed E-state index contributed by atoms with van der Waals surface area (Å²) in [6.45, 7) is 3.98. The third kappa shape index (κ3) is 3.39. The molecule has 0 saturated carbocycles. The van der Waals surface area contributed by atoms with Crippen LogP contribution in [-0.2, 0) is 0 Å². The molecule has 0 bridgehead atoms. The van der Waals surface area contributed by atoms with Gasteiger partial charge in [0.15, 0.2) is 0 Å². The second-order valence-corrected chi connectivity index (χ2v) is 5.81. The zero-order chi connectivity index (χ0) is 15.6. The Kier molecular flexibility index (Phi) is 4.57. The first kappa shape index (κ1) is 15.4. The molecule has 2 rings (SSSR count). The van der Waals surface area contributed by atoms with Crippen LogP contribution in [0.25, 0.3) is 17.2 Å². The van der Waals surface area contributed by atoms with E-state index in [0.717, 1.165) is 16.7 Å². The molecule has 0 saturated heterocycles. The van der Waals surface area contributed by atoms with E-state index in [2.05, 4.69) is 6.07 Å². The number of nitrogens with zero attached hydrogens (tertiary/aromatic N) is 1. The number of rotatable bonds is 2. The predicted octanol–water partition coefficient (Wildman–Crippen LogP) is 5.54. The van der Waals surface area contributed by atoms with Gasteiger partial charge in [-0.15, -0.1) is 0 Å². The smallest absolute Gasteiger partial charge is 0.0998 e. The van der Waals surface area contributed by atoms with E-state index in [-0.39, 0.29) is 0 Å². The van der Waals surface area contributed by atoms with Gasteiger partial charge in [0.25, 0.3) is 0 Å². The van der Waals surface area contributed by atoms with Crippen LogP contribution in [0.15, 0.2) is 35.9 Å². The Hall–Kier alpha value is -1.95. The highest BCUT2D eigenvalue weighted by molar-refractivity contribution is 6.39. The van der Waals surface area contributed by atoms with Gasteiger partial charge in [-0.1, -0.05) is 47.0 Å². The fourth-order valence-corrected chi connectivity index (χ4v) is 2.84. The molecule has 106 valence electrons. The molecule has 0 radical (unpaired) electrons. The van der Waals surface area contributed by atoms with Gasteiger partial charge in [0.2, 0.25) is 0 Å². The Balaban J connectivity index is 2.63. The first-order valence-electron chi connectivity index (χ1n) is 6.36. The molecule has 21 heavy (non-hydrogen) atoms. The Bertz CT molecular complexity index is 744. The van der Waals surface area contributed by atoms with Gasteiger partial charge in [0.05, 0.1) is 21.7 Å². The van der Waals surface area contributed by atoms with Gasteiger partial charge in [-0.25, -0.2) is 0 Å². The largest absolute Gasteiger partial charge is 0.399 e. The number of allylic oxidation sites excluding steroid dienone is 1. The quantitative estimate of drug-likeness (QED) is 0.740. The summed E-state index contributed by atoms with van der Waals surface area (Å²) in [6.07, 6.45) is 1.97. The van der Waals surface area contributed by atoms with Crippen LogP contribution in [0.3, 0.4) is 0 Å². The summed E-state index contributed by atoms with van der Waals surface area (Å²) in [7, 11) is 0.